The van der Waals surface area contributed by atoms with Gasteiger partial charge < -0.3 is 10.2 Å². The second-order valence-electron chi connectivity index (χ2n) is 8.19. The summed E-state index contributed by atoms with van der Waals surface area (Å²) in [5.74, 6) is 0.360. The molecule has 2 heterocycles. The monoisotopic (exact) mass is 408 g/mol. The highest BCUT2D eigenvalue weighted by atomic mass is 19.1. The number of benzene rings is 1. The molecule has 1 amide bonds. The fourth-order valence-corrected chi connectivity index (χ4v) is 3.34. The van der Waals surface area contributed by atoms with Gasteiger partial charge in [0.1, 0.15) is 0 Å². The van der Waals surface area contributed by atoms with E-state index >= 15 is 0 Å². The molecule has 1 aliphatic rings. The third kappa shape index (κ3) is 4.17. The molecule has 1 fully saturated rings. The average Bonchev–Trinajstić information content (AvgIpc) is 3.36. The number of amides is 1. The highest BCUT2D eigenvalue weighted by Crippen LogP contribution is 2.47. The highest BCUT2D eigenvalue weighted by molar-refractivity contribution is 5.94. The van der Waals surface area contributed by atoms with E-state index in [1.807, 2.05) is 25.3 Å². The first-order valence-electron chi connectivity index (χ1n) is 9.90. The summed E-state index contributed by atoms with van der Waals surface area (Å²) in [6, 6.07) is 7.22. The zero-order valence-electron chi connectivity index (χ0n) is 17.4. The number of hydrogen-bond donors (Lipinski definition) is 1. The van der Waals surface area contributed by atoms with Gasteiger partial charge in [0.25, 0.3) is 5.91 Å². The maximum atomic E-state index is 13.2. The Morgan fingerprint density at radius 3 is 2.80 bits per heavy atom. The van der Waals surface area contributed by atoms with Crippen molar-refractivity contribution in [3.63, 3.8) is 0 Å². The molecule has 4 rings (SSSR count). The fraction of sp³-hybridized carbons (Fsp3) is 0.364. The van der Waals surface area contributed by atoms with E-state index in [-0.39, 0.29) is 18.0 Å². The number of aryl methyl sites for hydroxylation is 1. The van der Waals surface area contributed by atoms with E-state index in [1.165, 1.54) is 4.90 Å². The molecular formula is C22H25FN6O. The number of hydrogen-bond acceptors (Lipinski definition) is 5. The van der Waals surface area contributed by atoms with E-state index in [2.05, 4.69) is 20.4 Å². The highest BCUT2D eigenvalue weighted by Gasteiger charge is 2.43. The maximum absolute atomic E-state index is 13.2. The number of alkyl halides is 1. The molecule has 0 atom stereocenters. The van der Waals surface area contributed by atoms with E-state index in [4.69, 9.17) is 0 Å². The first-order valence-corrected chi connectivity index (χ1v) is 9.90. The van der Waals surface area contributed by atoms with Gasteiger partial charge in [-0.25, -0.2) is 9.97 Å². The Labute approximate surface area is 175 Å². The van der Waals surface area contributed by atoms with Crippen molar-refractivity contribution in [2.75, 3.05) is 26.1 Å². The van der Waals surface area contributed by atoms with Gasteiger partial charge in [-0.3, -0.25) is 13.9 Å². The van der Waals surface area contributed by atoms with Crippen LogP contribution >= 0.6 is 0 Å². The molecule has 156 valence electrons. The molecular weight excluding hydrogens is 383 g/mol. The summed E-state index contributed by atoms with van der Waals surface area (Å²) in [5.41, 5.74) is 3.63. The molecule has 3 aromatic rings. The predicted molar refractivity (Wildman–Crippen MR) is 113 cm³/mol. The minimum Gasteiger partial charge on any atom is -0.345 e. The van der Waals surface area contributed by atoms with Crippen molar-refractivity contribution in [3.8, 4) is 11.3 Å². The maximum Gasteiger partial charge on any atom is 0.253 e. The van der Waals surface area contributed by atoms with Crippen LogP contribution in [0.25, 0.3) is 11.3 Å². The quantitative estimate of drug-likeness (QED) is 0.643. The summed E-state index contributed by atoms with van der Waals surface area (Å²) >= 11 is 0. The van der Waals surface area contributed by atoms with Crippen LogP contribution < -0.4 is 5.32 Å². The molecule has 1 aromatic carbocycles. The SMILES string of the molecule is Cc1cnc(Nc2cccc(C(=O)N(C)C)c2)nc1-c1cnn(CC2(CF)CC2)c1. The Bertz CT molecular complexity index is 1070. The van der Waals surface area contributed by atoms with Gasteiger partial charge in [0.2, 0.25) is 5.95 Å². The van der Waals surface area contributed by atoms with E-state index in [0.29, 0.717) is 18.1 Å². The largest absolute Gasteiger partial charge is 0.345 e. The summed E-state index contributed by atoms with van der Waals surface area (Å²) < 4.78 is 15.0. The van der Waals surface area contributed by atoms with E-state index in [1.54, 1.807) is 43.3 Å². The van der Waals surface area contributed by atoms with Gasteiger partial charge in [0.15, 0.2) is 0 Å². The molecule has 0 radical (unpaired) electrons. The topological polar surface area (TPSA) is 75.9 Å². The van der Waals surface area contributed by atoms with Crippen LogP contribution in [0, 0.1) is 12.3 Å². The second kappa shape index (κ2) is 7.85. The second-order valence-corrected chi connectivity index (χ2v) is 8.19. The number of carbonyl (C=O) groups excluding carboxylic acids is 1. The summed E-state index contributed by atoms with van der Waals surface area (Å²) in [4.78, 5) is 22.7. The molecule has 30 heavy (non-hydrogen) atoms. The fourth-order valence-electron chi connectivity index (χ4n) is 3.34. The normalized spacial score (nSPS) is 14.4. The van der Waals surface area contributed by atoms with Crippen LogP contribution in [-0.2, 0) is 6.54 Å². The van der Waals surface area contributed by atoms with Crippen molar-refractivity contribution in [1.29, 1.82) is 0 Å². The number of nitrogens with zero attached hydrogens (tertiary/aromatic N) is 5. The molecule has 1 N–H and O–H groups in total. The van der Waals surface area contributed by atoms with Crippen molar-refractivity contribution in [2.24, 2.45) is 5.41 Å². The van der Waals surface area contributed by atoms with Crippen molar-refractivity contribution < 1.29 is 9.18 Å². The van der Waals surface area contributed by atoms with Crippen LogP contribution in [0.4, 0.5) is 16.0 Å². The zero-order valence-corrected chi connectivity index (χ0v) is 17.4. The summed E-state index contributed by atoms with van der Waals surface area (Å²) in [6.45, 7) is 2.22. The number of carbonyl (C=O) groups is 1. The van der Waals surface area contributed by atoms with Crippen LogP contribution in [0.1, 0.15) is 28.8 Å². The first kappa shape index (κ1) is 20.0. The van der Waals surface area contributed by atoms with Crippen LogP contribution in [0.5, 0.6) is 0 Å². The molecule has 1 saturated carbocycles. The third-order valence-electron chi connectivity index (χ3n) is 5.39. The van der Waals surface area contributed by atoms with Crippen LogP contribution in [-0.4, -0.2) is 51.3 Å². The van der Waals surface area contributed by atoms with Gasteiger partial charge in [-0.15, -0.1) is 0 Å². The number of halogens is 1. The first-order chi connectivity index (χ1) is 14.4. The van der Waals surface area contributed by atoms with Crippen LogP contribution in [0.3, 0.4) is 0 Å². The van der Waals surface area contributed by atoms with Crippen molar-refractivity contribution in [2.45, 2.75) is 26.3 Å². The standard InChI is InChI=1S/C22H25FN6O/c1-15-10-24-21(26-18-6-4-5-16(9-18)20(30)28(2)3)27-19(15)17-11-25-29(12-17)14-22(13-23)7-8-22/h4-6,9-12H,7-8,13-14H2,1-3H3,(H,24,26,27). The molecule has 2 aromatic heterocycles. The minimum absolute atomic E-state index is 0.0710. The van der Waals surface area contributed by atoms with Gasteiger partial charge in [-0.1, -0.05) is 6.07 Å². The molecule has 0 bridgehead atoms. The Morgan fingerprint density at radius 1 is 1.30 bits per heavy atom. The van der Waals surface area contributed by atoms with Gasteiger partial charge in [-0.05, 0) is 43.5 Å². The average molecular weight is 408 g/mol. The molecule has 0 aliphatic heterocycles. The van der Waals surface area contributed by atoms with Crippen molar-refractivity contribution in [3.05, 3.63) is 54.0 Å². The predicted octanol–water partition coefficient (Wildman–Crippen LogP) is 3.84. The third-order valence-corrected chi connectivity index (χ3v) is 5.39. The Kier molecular flexibility index (Phi) is 5.24. The molecule has 8 heteroatoms. The number of nitrogens with one attached hydrogen (secondary N) is 1. The minimum atomic E-state index is -0.307. The van der Waals surface area contributed by atoms with E-state index in [9.17, 15) is 9.18 Å². The Hall–Kier alpha value is -3.29. The van der Waals surface area contributed by atoms with Gasteiger partial charge in [-0.2, -0.15) is 5.10 Å². The summed E-state index contributed by atoms with van der Waals surface area (Å²) in [5, 5.41) is 7.56. The number of rotatable bonds is 7. The lowest BCUT2D eigenvalue weighted by Gasteiger charge is -2.12. The lowest BCUT2D eigenvalue weighted by atomic mass is 10.1. The summed E-state index contributed by atoms with van der Waals surface area (Å²) in [6.07, 6.45) is 7.24. The number of anilines is 2. The molecule has 0 saturated heterocycles. The van der Waals surface area contributed by atoms with Gasteiger partial charge >= 0.3 is 0 Å². The lowest BCUT2D eigenvalue weighted by Crippen LogP contribution is -2.21. The Morgan fingerprint density at radius 2 is 2.10 bits per heavy atom. The Balaban J connectivity index is 1.55. The molecule has 7 nitrogen and oxygen atoms in total. The van der Waals surface area contributed by atoms with E-state index < -0.39 is 0 Å². The summed E-state index contributed by atoms with van der Waals surface area (Å²) in [7, 11) is 3.44. The zero-order chi connectivity index (χ0) is 21.3. The van der Waals surface area contributed by atoms with Crippen molar-refractivity contribution in [1.82, 2.24) is 24.6 Å². The van der Waals surface area contributed by atoms with E-state index in [0.717, 1.165) is 35.3 Å². The molecule has 0 spiro atoms. The molecule has 1 aliphatic carbocycles. The van der Waals surface area contributed by atoms with Gasteiger partial charge in [0, 0.05) is 55.3 Å². The van der Waals surface area contributed by atoms with Gasteiger partial charge in [0.05, 0.1) is 18.6 Å². The molecule has 0 unspecified atom stereocenters. The van der Waals surface area contributed by atoms with Crippen LogP contribution in [0.15, 0.2) is 42.9 Å². The number of aromatic nitrogens is 4. The van der Waals surface area contributed by atoms with Crippen LogP contribution in [0.2, 0.25) is 0 Å². The lowest BCUT2D eigenvalue weighted by molar-refractivity contribution is 0.0827. The van der Waals surface area contributed by atoms with Crippen molar-refractivity contribution >= 4 is 17.5 Å². The smallest absolute Gasteiger partial charge is 0.253 e.